The van der Waals surface area contributed by atoms with Gasteiger partial charge in [0.2, 0.25) is 0 Å². The summed E-state index contributed by atoms with van der Waals surface area (Å²) in [7, 11) is 0. The Hall–Kier alpha value is -7.81. The van der Waals surface area contributed by atoms with Crippen molar-refractivity contribution in [3.8, 4) is 73.7 Å². The van der Waals surface area contributed by atoms with E-state index >= 15 is 0 Å². The number of benzene rings is 7. The highest BCUT2D eigenvalue weighted by atomic mass is 15.0. The molecule has 0 radical (unpaired) electrons. The number of aromatic nitrogens is 4. The predicted octanol–water partition coefficient (Wildman–Crippen LogP) is 11.8. The Bertz CT molecular complexity index is 2850. The van der Waals surface area contributed by atoms with Crippen molar-refractivity contribution in [1.82, 2.24) is 19.9 Å². The van der Waals surface area contributed by atoms with Gasteiger partial charge in [-0.15, -0.1) is 0 Å². The molecular weight excluding hydrogens is 695 g/mol. The molecule has 0 fully saturated rings. The summed E-state index contributed by atoms with van der Waals surface area (Å²) in [5.74, 6) is 1.78. The summed E-state index contributed by atoms with van der Waals surface area (Å²) >= 11 is 0. The third-order valence-corrected chi connectivity index (χ3v) is 10.9. The topological polar surface area (TPSA) is 75.3 Å². The monoisotopic (exact) mass is 727 g/mol. The molecule has 57 heavy (non-hydrogen) atoms. The molecule has 0 amide bonds. The van der Waals surface area contributed by atoms with Crippen LogP contribution in [-0.4, -0.2) is 19.9 Å². The van der Waals surface area contributed by atoms with Gasteiger partial charge < -0.3 is 0 Å². The van der Waals surface area contributed by atoms with Gasteiger partial charge in [-0.05, 0) is 93.0 Å². The smallest absolute Gasteiger partial charge is 0.164 e. The molecule has 0 unspecified atom stereocenters. The van der Waals surface area contributed by atoms with Crippen molar-refractivity contribution in [3.05, 3.63) is 228 Å². The lowest BCUT2D eigenvalue weighted by molar-refractivity contribution is 0.768. The maximum absolute atomic E-state index is 10.1. The number of rotatable bonds is 7. The Morgan fingerprint density at radius 2 is 0.877 bits per heavy atom. The second-order valence-electron chi connectivity index (χ2n) is 14.2. The van der Waals surface area contributed by atoms with E-state index in [-0.39, 0.29) is 0 Å². The molecule has 0 saturated heterocycles. The molecule has 0 N–H and O–H groups in total. The summed E-state index contributed by atoms with van der Waals surface area (Å²) in [6, 6.07) is 69.1. The first-order valence-corrected chi connectivity index (χ1v) is 18.9. The SMILES string of the molecule is N#Cc1ccc2c(c1)C(c1ccccc1)(c1ccccc1)c1cc(-c3cc(-c4ccccn4)cc(-c4nc(-c5ccccc5)nc(-c5ccccc5)n4)c3)ccc1-2. The van der Waals surface area contributed by atoms with Crippen molar-refractivity contribution in [2.75, 3.05) is 0 Å². The molecule has 0 bridgehead atoms. The van der Waals surface area contributed by atoms with Crippen molar-refractivity contribution < 1.29 is 0 Å². The highest BCUT2D eigenvalue weighted by Gasteiger charge is 2.46. The van der Waals surface area contributed by atoms with Gasteiger partial charge in [0.25, 0.3) is 0 Å². The van der Waals surface area contributed by atoms with Crippen molar-refractivity contribution in [2.24, 2.45) is 0 Å². The first-order valence-electron chi connectivity index (χ1n) is 18.9. The minimum Gasteiger partial charge on any atom is -0.256 e. The molecule has 5 nitrogen and oxygen atoms in total. The third kappa shape index (κ3) is 5.88. The largest absolute Gasteiger partial charge is 0.256 e. The molecular formula is C52H33N5. The molecule has 1 aliphatic rings. The number of hydrogen-bond donors (Lipinski definition) is 0. The van der Waals surface area contributed by atoms with E-state index in [2.05, 4.69) is 115 Å². The van der Waals surface area contributed by atoms with E-state index in [9.17, 15) is 5.26 Å². The quantitative estimate of drug-likeness (QED) is 0.163. The Kier molecular flexibility index (Phi) is 8.35. The fraction of sp³-hybridized carbons (Fsp3) is 0.0192. The molecule has 266 valence electrons. The van der Waals surface area contributed by atoms with E-state index in [1.54, 1.807) is 0 Å². The number of pyridine rings is 1. The van der Waals surface area contributed by atoms with Crippen molar-refractivity contribution in [1.29, 1.82) is 5.26 Å². The van der Waals surface area contributed by atoms with Gasteiger partial charge in [-0.3, -0.25) is 4.98 Å². The van der Waals surface area contributed by atoms with E-state index in [0.717, 1.165) is 72.5 Å². The predicted molar refractivity (Wildman–Crippen MR) is 227 cm³/mol. The van der Waals surface area contributed by atoms with E-state index in [4.69, 9.17) is 19.9 Å². The van der Waals surface area contributed by atoms with Crippen LogP contribution in [0.1, 0.15) is 27.8 Å². The van der Waals surface area contributed by atoms with Crippen LogP contribution >= 0.6 is 0 Å². The lowest BCUT2D eigenvalue weighted by Crippen LogP contribution is -2.28. The van der Waals surface area contributed by atoms with Crippen LogP contribution in [0.3, 0.4) is 0 Å². The maximum atomic E-state index is 10.1. The zero-order valence-electron chi connectivity index (χ0n) is 30.8. The molecule has 0 saturated carbocycles. The van der Waals surface area contributed by atoms with Crippen molar-refractivity contribution >= 4 is 0 Å². The van der Waals surface area contributed by atoms with E-state index in [1.165, 1.54) is 0 Å². The lowest BCUT2D eigenvalue weighted by atomic mass is 9.67. The van der Waals surface area contributed by atoms with Gasteiger partial charge in [-0.1, -0.05) is 146 Å². The van der Waals surface area contributed by atoms with Crippen molar-refractivity contribution in [3.63, 3.8) is 0 Å². The number of nitriles is 1. The Labute approximate surface area is 331 Å². The average molecular weight is 728 g/mol. The second kappa shape index (κ2) is 14.1. The summed E-state index contributed by atoms with van der Waals surface area (Å²) in [4.78, 5) is 19.9. The van der Waals surface area contributed by atoms with Gasteiger partial charge in [0.1, 0.15) is 0 Å². The molecule has 1 aliphatic carbocycles. The zero-order valence-corrected chi connectivity index (χ0v) is 30.8. The highest BCUT2D eigenvalue weighted by molar-refractivity contribution is 5.90. The van der Waals surface area contributed by atoms with Gasteiger partial charge >= 0.3 is 0 Å². The summed E-state index contributed by atoms with van der Waals surface area (Å²) in [5.41, 5.74) is 13.3. The average Bonchev–Trinajstić information content (AvgIpc) is 3.59. The van der Waals surface area contributed by atoms with Gasteiger partial charge in [-0.25, -0.2) is 15.0 Å². The van der Waals surface area contributed by atoms with E-state index in [0.29, 0.717) is 23.0 Å². The van der Waals surface area contributed by atoms with Gasteiger partial charge in [-0.2, -0.15) is 5.26 Å². The third-order valence-electron chi connectivity index (χ3n) is 10.9. The first-order chi connectivity index (χ1) is 28.2. The van der Waals surface area contributed by atoms with Crippen LogP contribution in [0.25, 0.3) is 67.7 Å². The Morgan fingerprint density at radius 3 is 1.44 bits per heavy atom. The van der Waals surface area contributed by atoms with Gasteiger partial charge in [0, 0.05) is 28.5 Å². The fourth-order valence-corrected chi connectivity index (χ4v) is 8.28. The Balaban J connectivity index is 1.22. The number of fused-ring (bicyclic) bond motifs is 3. The normalized spacial score (nSPS) is 12.3. The lowest BCUT2D eigenvalue weighted by Gasteiger charge is -2.34. The van der Waals surface area contributed by atoms with Crippen LogP contribution in [0.4, 0.5) is 0 Å². The number of hydrogen-bond acceptors (Lipinski definition) is 5. The van der Waals surface area contributed by atoms with Crippen LogP contribution in [0.15, 0.2) is 200 Å². The highest BCUT2D eigenvalue weighted by Crippen LogP contribution is 2.57. The van der Waals surface area contributed by atoms with Crippen LogP contribution in [0.5, 0.6) is 0 Å². The minimum atomic E-state index is -0.666. The molecule has 2 heterocycles. The molecule has 10 rings (SSSR count). The summed E-state index contributed by atoms with van der Waals surface area (Å²) in [6.07, 6.45) is 1.82. The maximum Gasteiger partial charge on any atom is 0.164 e. The Morgan fingerprint density at radius 1 is 0.386 bits per heavy atom. The van der Waals surface area contributed by atoms with Crippen molar-refractivity contribution in [2.45, 2.75) is 5.41 Å². The number of nitrogens with zero attached hydrogens (tertiary/aromatic N) is 5. The van der Waals surface area contributed by atoms with Gasteiger partial charge in [0.15, 0.2) is 17.5 Å². The molecule has 7 aromatic carbocycles. The standard InChI is InChI=1S/C52H33N5/c53-34-35-24-26-44-45-27-25-38(33-47(45)52(46(44)29-35,42-19-9-3-10-20-42)43-21-11-4-12-22-43)39-30-40(48-23-13-14-28-54-48)32-41(31-39)51-56-49(36-15-5-1-6-16-36)55-50(57-51)37-17-7-2-8-18-37/h1-33H. The zero-order chi connectivity index (χ0) is 38.2. The van der Waals surface area contributed by atoms with Crippen LogP contribution in [0, 0.1) is 11.3 Å². The molecule has 9 aromatic rings. The second-order valence-corrected chi connectivity index (χ2v) is 14.2. The van der Waals surface area contributed by atoms with E-state index < -0.39 is 5.41 Å². The van der Waals surface area contributed by atoms with Crippen LogP contribution in [-0.2, 0) is 5.41 Å². The summed E-state index contributed by atoms with van der Waals surface area (Å²) < 4.78 is 0. The molecule has 2 aromatic heterocycles. The van der Waals surface area contributed by atoms with Crippen LogP contribution in [0.2, 0.25) is 0 Å². The molecule has 0 spiro atoms. The first kappa shape index (κ1) is 33.7. The molecule has 5 heteroatoms. The van der Waals surface area contributed by atoms with Gasteiger partial charge in [0.05, 0.1) is 22.7 Å². The fourth-order valence-electron chi connectivity index (χ4n) is 8.28. The summed E-state index contributed by atoms with van der Waals surface area (Å²) in [5, 5.41) is 10.1. The molecule has 0 atom stereocenters. The molecule has 0 aliphatic heterocycles. The minimum absolute atomic E-state index is 0.572. The van der Waals surface area contributed by atoms with Crippen LogP contribution < -0.4 is 0 Å². The summed E-state index contributed by atoms with van der Waals surface area (Å²) in [6.45, 7) is 0. The van der Waals surface area contributed by atoms with E-state index in [1.807, 2.05) is 91.1 Å².